The third-order valence-electron chi connectivity index (χ3n) is 5.24. The van der Waals surface area contributed by atoms with Crippen molar-refractivity contribution in [1.29, 1.82) is 0 Å². The van der Waals surface area contributed by atoms with Gasteiger partial charge in [0.25, 0.3) is 5.91 Å². The summed E-state index contributed by atoms with van der Waals surface area (Å²) in [6, 6.07) is 11.8. The summed E-state index contributed by atoms with van der Waals surface area (Å²) in [6.45, 7) is 1.95. The Kier molecular flexibility index (Phi) is 7.53. The molecule has 0 atom stereocenters. The van der Waals surface area contributed by atoms with Gasteiger partial charge < -0.3 is 19.1 Å². The monoisotopic (exact) mass is 448 g/mol. The minimum atomic E-state index is -3.58. The van der Waals surface area contributed by atoms with Gasteiger partial charge in [-0.1, -0.05) is 6.07 Å². The molecule has 31 heavy (non-hydrogen) atoms. The molecule has 9 heteroatoms. The van der Waals surface area contributed by atoms with Gasteiger partial charge in [-0.3, -0.25) is 4.79 Å². The molecule has 2 aromatic rings. The number of methoxy groups -OCH3 is 2. The van der Waals surface area contributed by atoms with Crippen LogP contribution in [0.3, 0.4) is 0 Å². The number of nitrogens with zero attached hydrogens (tertiary/aromatic N) is 2. The molecule has 3 rings (SSSR count). The van der Waals surface area contributed by atoms with Crippen LogP contribution in [0.15, 0.2) is 47.4 Å². The summed E-state index contributed by atoms with van der Waals surface area (Å²) in [7, 11) is 1.31. The van der Waals surface area contributed by atoms with Crippen molar-refractivity contribution in [1.82, 2.24) is 9.21 Å². The number of carbonyl (C=O) groups excluding carboxylic acids is 1. The van der Waals surface area contributed by atoms with Gasteiger partial charge in [0.15, 0.2) is 11.5 Å². The topological polar surface area (TPSA) is 85.4 Å². The average Bonchev–Trinajstić information content (AvgIpc) is 2.82. The minimum absolute atomic E-state index is 0.171. The highest BCUT2D eigenvalue weighted by atomic mass is 32.2. The van der Waals surface area contributed by atoms with Gasteiger partial charge in [0.2, 0.25) is 10.0 Å². The number of carbonyl (C=O) groups is 1. The lowest BCUT2D eigenvalue weighted by atomic mass is 10.1. The second kappa shape index (κ2) is 10.1. The molecule has 0 aromatic heterocycles. The number of hydrogen-bond acceptors (Lipinski definition) is 6. The molecule has 8 nitrogen and oxygen atoms in total. The summed E-state index contributed by atoms with van der Waals surface area (Å²) in [6.07, 6.45) is 0.645. The Morgan fingerprint density at radius 1 is 1.03 bits per heavy atom. The van der Waals surface area contributed by atoms with E-state index in [2.05, 4.69) is 0 Å². The molecule has 2 aromatic carbocycles. The number of benzene rings is 2. The lowest BCUT2D eigenvalue weighted by molar-refractivity contribution is 0.0730. The Balaban J connectivity index is 1.63. The van der Waals surface area contributed by atoms with Crippen LogP contribution in [0.2, 0.25) is 0 Å². The van der Waals surface area contributed by atoms with Crippen LogP contribution in [-0.2, 0) is 21.2 Å². The predicted molar refractivity (Wildman–Crippen MR) is 116 cm³/mol. The lowest BCUT2D eigenvalue weighted by Gasteiger charge is -2.26. The van der Waals surface area contributed by atoms with Crippen molar-refractivity contribution in [2.45, 2.75) is 11.3 Å². The highest BCUT2D eigenvalue weighted by Gasteiger charge is 2.26. The van der Waals surface area contributed by atoms with E-state index in [1.54, 1.807) is 38.3 Å². The Bertz CT molecular complexity index is 1000. The number of amides is 1. The Morgan fingerprint density at radius 3 is 2.29 bits per heavy atom. The van der Waals surface area contributed by atoms with Gasteiger partial charge in [0, 0.05) is 32.2 Å². The molecular weight excluding hydrogens is 420 g/mol. The summed E-state index contributed by atoms with van der Waals surface area (Å²) in [5.74, 6) is 1.13. The second-order valence-corrected chi connectivity index (χ2v) is 9.14. The fraction of sp³-hybridized carbons (Fsp3) is 0.409. The quantitative estimate of drug-likeness (QED) is 0.614. The molecule has 1 aliphatic heterocycles. The maximum atomic E-state index is 12.8. The zero-order valence-electron chi connectivity index (χ0n) is 18.0. The molecule has 1 fully saturated rings. The lowest BCUT2D eigenvalue weighted by Crippen LogP contribution is -2.40. The molecule has 1 saturated heterocycles. The molecular formula is C22H28N2O6S. The Labute approximate surface area is 183 Å². The van der Waals surface area contributed by atoms with Crippen molar-refractivity contribution in [3.8, 4) is 11.5 Å². The zero-order valence-corrected chi connectivity index (χ0v) is 18.9. The van der Waals surface area contributed by atoms with E-state index in [-0.39, 0.29) is 10.8 Å². The van der Waals surface area contributed by atoms with Crippen molar-refractivity contribution in [3.05, 3.63) is 53.6 Å². The average molecular weight is 449 g/mol. The summed E-state index contributed by atoms with van der Waals surface area (Å²) in [5.41, 5.74) is 1.46. The summed E-state index contributed by atoms with van der Waals surface area (Å²) in [5, 5.41) is 0. The second-order valence-electron chi connectivity index (χ2n) is 7.21. The fourth-order valence-corrected chi connectivity index (χ4v) is 4.77. The number of sulfonamides is 1. The number of likely N-dealkylation sites (N-methyl/N-ethyl adjacent to an activating group) is 1. The van der Waals surface area contributed by atoms with E-state index in [0.29, 0.717) is 56.3 Å². The molecule has 0 saturated carbocycles. The molecule has 0 N–H and O–H groups in total. The van der Waals surface area contributed by atoms with Crippen molar-refractivity contribution in [3.63, 3.8) is 0 Å². The van der Waals surface area contributed by atoms with E-state index in [1.165, 1.54) is 16.4 Å². The third kappa shape index (κ3) is 5.36. The number of ether oxygens (including phenoxy) is 3. The van der Waals surface area contributed by atoms with Gasteiger partial charge in [-0.2, -0.15) is 4.31 Å². The van der Waals surface area contributed by atoms with Crippen LogP contribution in [0.4, 0.5) is 0 Å². The van der Waals surface area contributed by atoms with Crippen LogP contribution < -0.4 is 9.47 Å². The first kappa shape index (κ1) is 23.1. The predicted octanol–water partition coefficient (Wildman–Crippen LogP) is 2.04. The molecule has 0 radical (unpaired) electrons. The maximum absolute atomic E-state index is 12.8. The van der Waals surface area contributed by atoms with Crippen LogP contribution in [0, 0.1) is 0 Å². The van der Waals surface area contributed by atoms with Crippen LogP contribution in [0.1, 0.15) is 15.9 Å². The number of rotatable bonds is 8. The molecule has 0 aliphatic carbocycles. The van der Waals surface area contributed by atoms with Gasteiger partial charge in [-0.25, -0.2) is 8.42 Å². The smallest absolute Gasteiger partial charge is 0.253 e. The van der Waals surface area contributed by atoms with Crippen LogP contribution in [0.5, 0.6) is 11.5 Å². The molecule has 0 unspecified atom stereocenters. The maximum Gasteiger partial charge on any atom is 0.253 e. The van der Waals surface area contributed by atoms with Gasteiger partial charge in [0.05, 0.1) is 32.3 Å². The third-order valence-corrected chi connectivity index (χ3v) is 7.15. The molecule has 1 amide bonds. The molecule has 0 spiro atoms. The molecule has 168 valence electrons. The van der Waals surface area contributed by atoms with Gasteiger partial charge in [-0.15, -0.1) is 0 Å². The molecule has 1 aliphatic rings. The molecule has 1 heterocycles. The van der Waals surface area contributed by atoms with Gasteiger partial charge in [-0.05, 0) is 48.4 Å². The highest BCUT2D eigenvalue weighted by Crippen LogP contribution is 2.27. The van der Waals surface area contributed by atoms with Gasteiger partial charge >= 0.3 is 0 Å². The Morgan fingerprint density at radius 2 is 1.68 bits per heavy atom. The zero-order chi connectivity index (χ0) is 22.4. The highest BCUT2D eigenvalue weighted by molar-refractivity contribution is 7.89. The van der Waals surface area contributed by atoms with Crippen LogP contribution >= 0.6 is 0 Å². The van der Waals surface area contributed by atoms with E-state index in [9.17, 15) is 13.2 Å². The minimum Gasteiger partial charge on any atom is -0.493 e. The Hall–Kier alpha value is -2.62. The first-order valence-electron chi connectivity index (χ1n) is 10.0. The van der Waals surface area contributed by atoms with Crippen molar-refractivity contribution >= 4 is 15.9 Å². The van der Waals surface area contributed by atoms with Crippen molar-refractivity contribution in [2.24, 2.45) is 0 Å². The van der Waals surface area contributed by atoms with Gasteiger partial charge in [0.1, 0.15) is 0 Å². The van der Waals surface area contributed by atoms with E-state index in [4.69, 9.17) is 14.2 Å². The van der Waals surface area contributed by atoms with E-state index in [0.717, 1.165) is 5.56 Å². The SMILES string of the molecule is COc1ccc(CCN(C)C(=O)c2ccc(S(=O)(=O)N3CCOCC3)cc2)cc1OC. The first-order valence-corrected chi connectivity index (χ1v) is 11.4. The van der Waals surface area contributed by atoms with Crippen molar-refractivity contribution in [2.75, 3.05) is 54.1 Å². The van der Waals surface area contributed by atoms with Crippen molar-refractivity contribution < 1.29 is 27.4 Å². The molecule has 0 bridgehead atoms. The standard InChI is InChI=1S/C22H28N2O6S/c1-23(11-10-17-4-9-20(28-2)21(16-17)29-3)22(25)18-5-7-19(8-6-18)31(26,27)24-12-14-30-15-13-24/h4-9,16H,10-15H2,1-3H3. The largest absolute Gasteiger partial charge is 0.493 e. The van der Waals surface area contributed by atoms with E-state index in [1.807, 2.05) is 18.2 Å². The normalized spacial score (nSPS) is 14.8. The van der Waals surface area contributed by atoms with Crippen LogP contribution in [-0.4, -0.2) is 77.6 Å². The summed E-state index contributed by atoms with van der Waals surface area (Å²) < 4.78 is 42.6. The first-order chi connectivity index (χ1) is 14.9. The van der Waals surface area contributed by atoms with E-state index >= 15 is 0 Å². The number of hydrogen-bond donors (Lipinski definition) is 0. The fourth-order valence-electron chi connectivity index (χ4n) is 3.36. The summed E-state index contributed by atoms with van der Waals surface area (Å²) >= 11 is 0. The van der Waals surface area contributed by atoms with E-state index < -0.39 is 10.0 Å². The summed E-state index contributed by atoms with van der Waals surface area (Å²) in [4.78, 5) is 14.5. The van der Waals surface area contributed by atoms with Crippen LogP contribution in [0.25, 0.3) is 0 Å². The number of morpholine rings is 1.